The van der Waals surface area contributed by atoms with E-state index < -0.39 is 10.0 Å². The summed E-state index contributed by atoms with van der Waals surface area (Å²) in [5.41, 5.74) is 1.77. The summed E-state index contributed by atoms with van der Waals surface area (Å²) in [6.07, 6.45) is 1.61. The number of rotatable bonds is 4. The van der Waals surface area contributed by atoms with E-state index in [1.165, 1.54) is 4.31 Å². The Morgan fingerprint density at radius 1 is 1.00 bits per heavy atom. The number of amides is 2. The Bertz CT molecular complexity index is 905. The highest BCUT2D eigenvalue weighted by molar-refractivity contribution is 7.89. The SMILES string of the molecule is Cc1ccc(S(=O)(=O)N2CCN(C(=O)C3CCCN(C(=O)C(C)C)C3)CC2)c(C)c1. The van der Waals surface area contributed by atoms with E-state index in [1.807, 2.05) is 39.8 Å². The zero-order valence-corrected chi connectivity index (χ0v) is 19.2. The molecule has 1 aromatic carbocycles. The quantitative estimate of drug-likeness (QED) is 0.725. The molecule has 2 heterocycles. The molecule has 166 valence electrons. The topological polar surface area (TPSA) is 78.0 Å². The lowest BCUT2D eigenvalue weighted by Crippen LogP contribution is -2.54. The number of carbonyl (C=O) groups excluding carboxylic acids is 2. The van der Waals surface area contributed by atoms with Gasteiger partial charge in [0, 0.05) is 45.2 Å². The highest BCUT2D eigenvalue weighted by Crippen LogP contribution is 2.24. The van der Waals surface area contributed by atoms with Crippen molar-refractivity contribution in [1.82, 2.24) is 14.1 Å². The number of carbonyl (C=O) groups is 2. The van der Waals surface area contributed by atoms with Crippen LogP contribution in [0.3, 0.4) is 0 Å². The van der Waals surface area contributed by atoms with E-state index in [1.54, 1.807) is 15.9 Å². The van der Waals surface area contributed by atoms with Gasteiger partial charge in [-0.2, -0.15) is 4.31 Å². The zero-order chi connectivity index (χ0) is 22.1. The maximum Gasteiger partial charge on any atom is 0.243 e. The molecule has 2 aliphatic rings. The number of nitrogens with zero attached hydrogens (tertiary/aromatic N) is 3. The van der Waals surface area contributed by atoms with Gasteiger partial charge in [-0.1, -0.05) is 31.5 Å². The largest absolute Gasteiger partial charge is 0.342 e. The Labute approximate surface area is 180 Å². The van der Waals surface area contributed by atoms with Gasteiger partial charge in [-0.3, -0.25) is 9.59 Å². The number of piperazine rings is 1. The molecule has 0 spiro atoms. The van der Waals surface area contributed by atoms with Gasteiger partial charge in [0.1, 0.15) is 0 Å². The predicted octanol–water partition coefficient (Wildman–Crippen LogP) is 2.03. The second-order valence-electron chi connectivity index (χ2n) is 8.78. The van der Waals surface area contributed by atoms with Crippen LogP contribution in [0.2, 0.25) is 0 Å². The van der Waals surface area contributed by atoms with Gasteiger partial charge in [0.2, 0.25) is 21.8 Å². The molecule has 0 aromatic heterocycles. The molecule has 8 heteroatoms. The molecule has 0 radical (unpaired) electrons. The molecule has 0 N–H and O–H groups in total. The van der Waals surface area contributed by atoms with E-state index in [0.29, 0.717) is 44.2 Å². The molecule has 3 rings (SSSR count). The van der Waals surface area contributed by atoms with Crippen LogP contribution in [0.15, 0.2) is 23.1 Å². The van der Waals surface area contributed by atoms with Crippen LogP contribution < -0.4 is 0 Å². The first-order chi connectivity index (χ1) is 14.1. The summed E-state index contributed by atoms with van der Waals surface area (Å²) in [7, 11) is -3.57. The fraction of sp³-hybridized carbons (Fsp3) is 0.636. The second kappa shape index (κ2) is 9.06. The van der Waals surface area contributed by atoms with Crippen molar-refractivity contribution in [3.63, 3.8) is 0 Å². The van der Waals surface area contributed by atoms with Crippen LogP contribution in [-0.4, -0.2) is 73.6 Å². The summed E-state index contributed by atoms with van der Waals surface area (Å²) in [6.45, 7) is 10.1. The van der Waals surface area contributed by atoms with Crippen molar-refractivity contribution in [3.8, 4) is 0 Å². The third-order valence-electron chi connectivity index (χ3n) is 6.07. The molecule has 30 heavy (non-hydrogen) atoms. The monoisotopic (exact) mass is 435 g/mol. The molecular formula is C22H33N3O4S. The van der Waals surface area contributed by atoms with Gasteiger partial charge in [-0.15, -0.1) is 0 Å². The maximum absolute atomic E-state index is 13.1. The van der Waals surface area contributed by atoms with Crippen molar-refractivity contribution < 1.29 is 18.0 Å². The highest BCUT2D eigenvalue weighted by atomic mass is 32.2. The fourth-order valence-corrected chi connectivity index (χ4v) is 6.01. The third-order valence-corrected chi connectivity index (χ3v) is 8.13. The summed E-state index contributed by atoms with van der Waals surface area (Å²) < 4.78 is 27.6. The first kappa shape index (κ1) is 22.7. The molecule has 2 amide bonds. The molecule has 1 aromatic rings. The zero-order valence-electron chi connectivity index (χ0n) is 18.4. The van der Waals surface area contributed by atoms with Crippen molar-refractivity contribution in [2.24, 2.45) is 11.8 Å². The van der Waals surface area contributed by atoms with Crippen LogP contribution in [0.5, 0.6) is 0 Å². The van der Waals surface area contributed by atoms with Crippen LogP contribution in [0.1, 0.15) is 37.8 Å². The van der Waals surface area contributed by atoms with Crippen LogP contribution in [0.4, 0.5) is 0 Å². The van der Waals surface area contributed by atoms with E-state index in [-0.39, 0.29) is 23.7 Å². The number of piperidine rings is 1. The normalized spacial score (nSPS) is 21.2. The van der Waals surface area contributed by atoms with Crippen molar-refractivity contribution in [1.29, 1.82) is 0 Å². The van der Waals surface area contributed by atoms with E-state index in [9.17, 15) is 18.0 Å². The summed E-state index contributed by atoms with van der Waals surface area (Å²) in [6, 6.07) is 5.35. The molecule has 2 fully saturated rings. The fourth-order valence-electron chi connectivity index (χ4n) is 4.38. The molecule has 2 aliphatic heterocycles. The van der Waals surface area contributed by atoms with Crippen molar-refractivity contribution in [3.05, 3.63) is 29.3 Å². The number of aryl methyl sites for hydroxylation is 2. The third kappa shape index (κ3) is 4.70. The van der Waals surface area contributed by atoms with Crippen LogP contribution in [-0.2, 0) is 19.6 Å². The van der Waals surface area contributed by atoms with Gasteiger partial charge in [0.15, 0.2) is 0 Å². The molecule has 0 aliphatic carbocycles. The average molecular weight is 436 g/mol. The van der Waals surface area contributed by atoms with E-state index >= 15 is 0 Å². The summed E-state index contributed by atoms with van der Waals surface area (Å²) in [5.74, 6) is -0.126. The van der Waals surface area contributed by atoms with Gasteiger partial charge < -0.3 is 9.80 Å². The predicted molar refractivity (Wildman–Crippen MR) is 115 cm³/mol. The van der Waals surface area contributed by atoms with Crippen LogP contribution >= 0.6 is 0 Å². The smallest absolute Gasteiger partial charge is 0.243 e. The molecular weight excluding hydrogens is 402 g/mol. The van der Waals surface area contributed by atoms with Crippen LogP contribution in [0, 0.1) is 25.7 Å². The van der Waals surface area contributed by atoms with E-state index in [0.717, 1.165) is 24.0 Å². The van der Waals surface area contributed by atoms with E-state index in [2.05, 4.69) is 0 Å². The molecule has 0 bridgehead atoms. The summed E-state index contributed by atoms with van der Waals surface area (Å²) in [4.78, 5) is 29.2. The molecule has 7 nitrogen and oxygen atoms in total. The lowest BCUT2D eigenvalue weighted by atomic mass is 9.95. The Morgan fingerprint density at radius 2 is 1.67 bits per heavy atom. The first-order valence-corrected chi connectivity index (χ1v) is 12.2. The van der Waals surface area contributed by atoms with Gasteiger partial charge in [0.05, 0.1) is 10.8 Å². The van der Waals surface area contributed by atoms with Gasteiger partial charge in [-0.05, 0) is 38.3 Å². The molecule has 2 saturated heterocycles. The van der Waals surface area contributed by atoms with Crippen molar-refractivity contribution >= 4 is 21.8 Å². The standard InChI is InChI=1S/C22H33N3O4S/c1-16(2)21(26)24-9-5-6-19(15-24)22(27)23-10-12-25(13-11-23)30(28,29)20-8-7-17(3)14-18(20)4/h7-8,14,16,19H,5-6,9-13,15H2,1-4H3. The Hall–Kier alpha value is -1.93. The molecule has 0 saturated carbocycles. The summed E-state index contributed by atoms with van der Waals surface area (Å²) in [5, 5.41) is 0. The number of sulfonamides is 1. The minimum atomic E-state index is -3.57. The highest BCUT2D eigenvalue weighted by Gasteiger charge is 2.35. The lowest BCUT2D eigenvalue weighted by molar-refractivity contribution is -0.143. The van der Waals surface area contributed by atoms with Gasteiger partial charge in [-0.25, -0.2) is 8.42 Å². The first-order valence-electron chi connectivity index (χ1n) is 10.8. The number of hydrogen-bond acceptors (Lipinski definition) is 4. The van der Waals surface area contributed by atoms with E-state index in [4.69, 9.17) is 0 Å². The Balaban J connectivity index is 1.62. The number of likely N-dealkylation sites (tertiary alicyclic amines) is 1. The van der Waals surface area contributed by atoms with Gasteiger partial charge in [0.25, 0.3) is 0 Å². The maximum atomic E-state index is 13.1. The Morgan fingerprint density at radius 3 is 2.27 bits per heavy atom. The summed E-state index contributed by atoms with van der Waals surface area (Å²) >= 11 is 0. The average Bonchev–Trinajstić information content (AvgIpc) is 2.72. The van der Waals surface area contributed by atoms with Crippen LogP contribution in [0.25, 0.3) is 0 Å². The van der Waals surface area contributed by atoms with Crippen molar-refractivity contribution in [2.75, 3.05) is 39.3 Å². The number of benzene rings is 1. The second-order valence-corrected chi connectivity index (χ2v) is 10.7. The minimum absolute atomic E-state index is 0.0415. The van der Waals surface area contributed by atoms with Crippen molar-refractivity contribution in [2.45, 2.75) is 45.4 Å². The Kier molecular flexibility index (Phi) is 6.87. The van der Waals surface area contributed by atoms with Gasteiger partial charge >= 0.3 is 0 Å². The number of hydrogen-bond donors (Lipinski definition) is 0. The lowest BCUT2D eigenvalue weighted by Gasteiger charge is -2.39. The minimum Gasteiger partial charge on any atom is -0.342 e. The molecule has 1 unspecified atom stereocenters. The molecule has 1 atom stereocenters.